The maximum atomic E-state index is 11.9. The molecular formula is C11H21NO2. The van der Waals surface area contributed by atoms with Gasteiger partial charge in [-0.15, -0.1) is 0 Å². The molecule has 0 aromatic rings. The van der Waals surface area contributed by atoms with Crippen molar-refractivity contribution in [2.45, 2.75) is 52.0 Å². The molecule has 0 bridgehead atoms. The molecule has 82 valence electrons. The van der Waals surface area contributed by atoms with Crippen molar-refractivity contribution in [3.8, 4) is 0 Å². The highest BCUT2D eigenvalue weighted by molar-refractivity contribution is 5.82. The van der Waals surface area contributed by atoms with Crippen molar-refractivity contribution in [2.24, 2.45) is 5.41 Å². The second-order valence-electron chi connectivity index (χ2n) is 4.53. The summed E-state index contributed by atoms with van der Waals surface area (Å²) in [4.78, 5) is 11.9. The third-order valence-electron chi connectivity index (χ3n) is 3.30. The number of hydrogen-bond donors (Lipinski definition) is 2. The standard InChI is InChI=1S/C11H21NO2/c1-3-9(8-13)12-10(14)11(2)6-4-5-7-11/h9,13H,3-8H2,1-2H3,(H,12,14)/t9-/m0/s1. The molecule has 1 saturated carbocycles. The third kappa shape index (κ3) is 2.47. The Bertz CT molecular complexity index is 193. The van der Waals surface area contributed by atoms with Crippen molar-refractivity contribution in [2.75, 3.05) is 6.61 Å². The van der Waals surface area contributed by atoms with E-state index < -0.39 is 0 Å². The van der Waals surface area contributed by atoms with E-state index in [1.165, 1.54) is 0 Å². The van der Waals surface area contributed by atoms with Gasteiger partial charge < -0.3 is 10.4 Å². The average Bonchev–Trinajstić information content (AvgIpc) is 2.62. The second-order valence-corrected chi connectivity index (χ2v) is 4.53. The maximum absolute atomic E-state index is 11.9. The van der Waals surface area contributed by atoms with Crippen molar-refractivity contribution >= 4 is 5.91 Å². The van der Waals surface area contributed by atoms with Crippen LogP contribution in [0.4, 0.5) is 0 Å². The van der Waals surface area contributed by atoms with Gasteiger partial charge in [-0.1, -0.05) is 26.7 Å². The topological polar surface area (TPSA) is 49.3 Å². The van der Waals surface area contributed by atoms with Crippen LogP contribution >= 0.6 is 0 Å². The lowest BCUT2D eigenvalue weighted by atomic mass is 9.87. The van der Waals surface area contributed by atoms with Crippen LogP contribution in [0, 0.1) is 5.41 Å². The van der Waals surface area contributed by atoms with Crippen molar-refractivity contribution in [1.82, 2.24) is 5.32 Å². The van der Waals surface area contributed by atoms with Crippen LogP contribution in [0.25, 0.3) is 0 Å². The van der Waals surface area contributed by atoms with Crippen molar-refractivity contribution in [3.63, 3.8) is 0 Å². The summed E-state index contributed by atoms with van der Waals surface area (Å²) in [6, 6.07) is -0.0695. The number of rotatable bonds is 4. The predicted octanol–water partition coefficient (Wildman–Crippen LogP) is 1.45. The molecule has 0 spiro atoms. The summed E-state index contributed by atoms with van der Waals surface area (Å²) < 4.78 is 0. The molecule has 1 rings (SSSR count). The molecule has 0 aromatic heterocycles. The lowest BCUT2D eigenvalue weighted by Gasteiger charge is -2.25. The van der Waals surface area contributed by atoms with E-state index in [2.05, 4.69) is 5.32 Å². The number of carbonyl (C=O) groups excluding carboxylic acids is 1. The van der Waals surface area contributed by atoms with Gasteiger partial charge in [-0.05, 0) is 19.3 Å². The van der Waals surface area contributed by atoms with E-state index in [-0.39, 0.29) is 24.0 Å². The van der Waals surface area contributed by atoms with Crippen molar-refractivity contribution < 1.29 is 9.90 Å². The Kier molecular flexibility index (Phi) is 3.93. The number of amides is 1. The molecule has 1 amide bonds. The lowest BCUT2D eigenvalue weighted by Crippen LogP contribution is -2.44. The first-order valence-electron chi connectivity index (χ1n) is 5.54. The van der Waals surface area contributed by atoms with Gasteiger partial charge in [0.2, 0.25) is 5.91 Å². The van der Waals surface area contributed by atoms with E-state index in [1.807, 2.05) is 13.8 Å². The fourth-order valence-electron chi connectivity index (χ4n) is 2.02. The second kappa shape index (κ2) is 4.78. The highest BCUT2D eigenvalue weighted by atomic mass is 16.3. The number of aliphatic hydroxyl groups is 1. The van der Waals surface area contributed by atoms with Crippen LogP contribution in [0.5, 0.6) is 0 Å². The molecular weight excluding hydrogens is 178 g/mol. The molecule has 3 heteroatoms. The molecule has 3 nitrogen and oxygen atoms in total. The third-order valence-corrected chi connectivity index (χ3v) is 3.30. The number of aliphatic hydroxyl groups excluding tert-OH is 1. The summed E-state index contributed by atoms with van der Waals surface area (Å²) in [7, 11) is 0. The molecule has 1 atom stereocenters. The van der Waals surface area contributed by atoms with Crippen LogP contribution in [0.3, 0.4) is 0 Å². The number of carbonyl (C=O) groups is 1. The maximum Gasteiger partial charge on any atom is 0.226 e. The largest absolute Gasteiger partial charge is 0.394 e. The first kappa shape index (κ1) is 11.5. The minimum atomic E-state index is -0.178. The molecule has 1 fully saturated rings. The van der Waals surface area contributed by atoms with Crippen molar-refractivity contribution in [3.05, 3.63) is 0 Å². The van der Waals surface area contributed by atoms with Gasteiger partial charge in [-0.2, -0.15) is 0 Å². The Morgan fingerprint density at radius 3 is 2.50 bits per heavy atom. The van der Waals surface area contributed by atoms with Crippen LogP contribution in [-0.4, -0.2) is 23.7 Å². The zero-order chi connectivity index (χ0) is 10.6. The van der Waals surface area contributed by atoms with Crippen LogP contribution in [0.2, 0.25) is 0 Å². The van der Waals surface area contributed by atoms with E-state index in [9.17, 15) is 4.79 Å². The molecule has 2 N–H and O–H groups in total. The van der Waals surface area contributed by atoms with Gasteiger partial charge in [0.05, 0.1) is 12.6 Å². The summed E-state index contributed by atoms with van der Waals surface area (Å²) >= 11 is 0. The monoisotopic (exact) mass is 199 g/mol. The van der Waals surface area contributed by atoms with Gasteiger partial charge >= 0.3 is 0 Å². The summed E-state index contributed by atoms with van der Waals surface area (Å²) in [5, 5.41) is 11.9. The average molecular weight is 199 g/mol. The summed E-state index contributed by atoms with van der Waals surface area (Å²) in [5.41, 5.74) is -0.178. The normalized spacial score (nSPS) is 21.9. The van der Waals surface area contributed by atoms with Crippen LogP contribution in [0.1, 0.15) is 46.0 Å². The number of hydrogen-bond acceptors (Lipinski definition) is 2. The lowest BCUT2D eigenvalue weighted by molar-refractivity contribution is -0.131. The Labute approximate surface area is 85.9 Å². The zero-order valence-corrected chi connectivity index (χ0v) is 9.18. The molecule has 1 aliphatic rings. The minimum absolute atomic E-state index is 0.0400. The van der Waals surface area contributed by atoms with Gasteiger partial charge in [-0.25, -0.2) is 0 Å². The molecule has 1 aliphatic carbocycles. The van der Waals surface area contributed by atoms with Gasteiger partial charge in [0, 0.05) is 5.41 Å². The molecule has 0 heterocycles. The molecule has 0 aromatic carbocycles. The quantitative estimate of drug-likeness (QED) is 0.720. The van der Waals surface area contributed by atoms with Gasteiger partial charge in [0.1, 0.15) is 0 Å². The van der Waals surface area contributed by atoms with Crippen LogP contribution in [-0.2, 0) is 4.79 Å². The molecule has 0 aliphatic heterocycles. The summed E-state index contributed by atoms with van der Waals surface area (Å²) in [6.07, 6.45) is 5.07. The molecule has 0 radical (unpaired) electrons. The van der Waals surface area contributed by atoms with E-state index in [4.69, 9.17) is 5.11 Å². The van der Waals surface area contributed by atoms with Gasteiger partial charge in [0.25, 0.3) is 0 Å². The fourth-order valence-corrected chi connectivity index (χ4v) is 2.02. The summed E-state index contributed by atoms with van der Waals surface area (Å²) in [5.74, 6) is 0.121. The minimum Gasteiger partial charge on any atom is -0.394 e. The van der Waals surface area contributed by atoms with Crippen molar-refractivity contribution in [1.29, 1.82) is 0 Å². The highest BCUT2D eigenvalue weighted by Crippen LogP contribution is 2.37. The van der Waals surface area contributed by atoms with E-state index in [1.54, 1.807) is 0 Å². The molecule has 14 heavy (non-hydrogen) atoms. The van der Waals surface area contributed by atoms with Crippen LogP contribution < -0.4 is 5.32 Å². The van der Waals surface area contributed by atoms with Gasteiger partial charge in [0.15, 0.2) is 0 Å². The van der Waals surface area contributed by atoms with E-state index >= 15 is 0 Å². The smallest absolute Gasteiger partial charge is 0.226 e. The Morgan fingerprint density at radius 1 is 1.50 bits per heavy atom. The molecule has 0 saturated heterocycles. The Morgan fingerprint density at radius 2 is 2.07 bits per heavy atom. The SMILES string of the molecule is CC[C@@H](CO)NC(=O)C1(C)CCCC1. The van der Waals surface area contributed by atoms with Gasteiger partial charge in [-0.3, -0.25) is 4.79 Å². The van der Waals surface area contributed by atoms with E-state index in [0.29, 0.717) is 0 Å². The Balaban J connectivity index is 2.48. The zero-order valence-electron chi connectivity index (χ0n) is 9.18. The van der Waals surface area contributed by atoms with Crippen LogP contribution in [0.15, 0.2) is 0 Å². The Hall–Kier alpha value is -0.570. The predicted molar refractivity (Wildman–Crippen MR) is 55.9 cm³/mol. The number of nitrogens with one attached hydrogen (secondary N) is 1. The summed E-state index contributed by atoms with van der Waals surface area (Å²) in [6.45, 7) is 4.04. The van der Waals surface area contributed by atoms with E-state index in [0.717, 1.165) is 32.1 Å². The molecule has 0 unspecified atom stereocenters. The fraction of sp³-hybridized carbons (Fsp3) is 0.909. The highest BCUT2D eigenvalue weighted by Gasteiger charge is 2.36. The first-order valence-corrected chi connectivity index (χ1v) is 5.54. The first-order chi connectivity index (χ1) is 6.62.